The summed E-state index contributed by atoms with van der Waals surface area (Å²) in [7, 11) is -4.47. The van der Waals surface area contributed by atoms with E-state index in [1.807, 2.05) is 13.0 Å². The van der Waals surface area contributed by atoms with Gasteiger partial charge in [0.2, 0.25) is 0 Å². The maximum atomic E-state index is 11.7. The molecule has 0 bridgehead atoms. The number of rotatable bonds is 6. The van der Waals surface area contributed by atoms with E-state index in [1.54, 1.807) is 12.1 Å². The van der Waals surface area contributed by atoms with E-state index in [4.69, 9.17) is 0 Å². The Balaban J connectivity index is 0.00000288. The van der Waals surface area contributed by atoms with Gasteiger partial charge < -0.3 is 4.55 Å². The predicted molar refractivity (Wildman–Crippen MR) is 93.1 cm³/mol. The van der Waals surface area contributed by atoms with Crippen molar-refractivity contribution in [3.05, 3.63) is 41.0 Å². The van der Waals surface area contributed by atoms with Gasteiger partial charge in [0.05, 0.1) is 4.90 Å². The van der Waals surface area contributed by atoms with Gasteiger partial charge in [0.25, 0.3) is 0 Å². The maximum absolute atomic E-state index is 11.7. The molecule has 0 spiro atoms. The average Bonchev–Trinajstić information content (AvgIpc) is 2.73. The first-order chi connectivity index (χ1) is 10.8. The van der Waals surface area contributed by atoms with Crippen molar-refractivity contribution in [1.82, 2.24) is 0 Å². The summed E-state index contributed by atoms with van der Waals surface area (Å²) in [4.78, 5) is -0.0759. The molecule has 0 aromatic heterocycles. The van der Waals surface area contributed by atoms with Crippen molar-refractivity contribution in [3.63, 3.8) is 0 Å². The number of fused-ring (bicyclic) bond motifs is 1. The van der Waals surface area contributed by atoms with Gasteiger partial charge in [-0.2, -0.15) is 0 Å². The molecule has 0 amide bonds. The van der Waals surface area contributed by atoms with Gasteiger partial charge in [0, 0.05) is 0 Å². The Morgan fingerprint density at radius 1 is 1.12 bits per heavy atom. The van der Waals surface area contributed by atoms with Crippen molar-refractivity contribution in [2.75, 3.05) is 0 Å². The molecule has 0 fully saturated rings. The first-order valence-corrected chi connectivity index (χ1v) is 9.68. The quantitative estimate of drug-likeness (QED) is 0.451. The normalized spacial score (nSPS) is 11.8. The molecule has 3 nitrogen and oxygen atoms in total. The van der Waals surface area contributed by atoms with Crippen LogP contribution in [0, 0.1) is 6.92 Å². The monoisotopic (exact) mass is 356 g/mol. The molecule has 24 heavy (non-hydrogen) atoms. The summed E-state index contributed by atoms with van der Waals surface area (Å²) in [5, 5.41) is 0. The minimum Gasteiger partial charge on any atom is -0.744 e. The van der Waals surface area contributed by atoms with Gasteiger partial charge in [-0.3, -0.25) is 0 Å². The van der Waals surface area contributed by atoms with Crippen LogP contribution in [0.15, 0.2) is 29.2 Å². The van der Waals surface area contributed by atoms with E-state index in [0.717, 1.165) is 47.9 Å². The first-order valence-electron chi connectivity index (χ1n) is 8.27. The van der Waals surface area contributed by atoms with Crippen LogP contribution in [0.4, 0.5) is 0 Å². The molecule has 0 N–H and O–H groups in total. The molecule has 2 aliphatic carbocycles. The number of unbranched alkanes of at least 4 members (excludes halogenated alkanes) is 2. The maximum Gasteiger partial charge on any atom is 1.00 e. The van der Waals surface area contributed by atoms with Crippen molar-refractivity contribution >= 4 is 10.1 Å². The summed E-state index contributed by atoms with van der Waals surface area (Å²) < 4.78 is 35.0. The second kappa shape index (κ2) is 8.81. The minimum atomic E-state index is -4.47. The molecule has 0 aliphatic heterocycles. The van der Waals surface area contributed by atoms with E-state index in [2.05, 4.69) is 26.8 Å². The largest absolute Gasteiger partial charge is 1.00 e. The van der Waals surface area contributed by atoms with Crippen LogP contribution in [0.2, 0.25) is 0 Å². The third-order valence-corrected chi connectivity index (χ3v) is 5.24. The first kappa shape index (κ1) is 21.7. The van der Waals surface area contributed by atoms with Crippen LogP contribution in [-0.4, -0.2) is 13.0 Å². The molecule has 2 aliphatic rings. The van der Waals surface area contributed by atoms with Crippen LogP contribution < -0.4 is 29.6 Å². The average molecular weight is 356 g/mol. The minimum absolute atomic E-state index is 0. The zero-order valence-corrected chi connectivity index (χ0v) is 18.2. The smallest absolute Gasteiger partial charge is 0.744 e. The zero-order valence-electron chi connectivity index (χ0n) is 15.3. The molecule has 0 aromatic carbocycles. The van der Waals surface area contributed by atoms with E-state index in [9.17, 15) is 13.0 Å². The Morgan fingerprint density at radius 3 is 2.33 bits per heavy atom. The molecule has 0 heterocycles. The van der Waals surface area contributed by atoms with Crippen LogP contribution in [0.5, 0.6) is 0 Å². The summed E-state index contributed by atoms with van der Waals surface area (Å²) in [5.41, 5.74) is 4.66. The number of hydrogen-bond donors (Lipinski definition) is 0. The Hall–Kier alpha value is -0.390. The van der Waals surface area contributed by atoms with Crippen molar-refractivity contribution in [2.45, 2.75) is 64.2 Å². The van der Waals surface area contributed by atoms with Gasteiger partial charge in [-0.05, 0) is 59.6 Å². The molecule has 126 valence electrons. The van der Waals surface area contributed by atoms with Crippen LogP contribution in [0.25, 0.3) is 11.1 Å². The fourth-order valence-corrected chi connectivity index (χ4v) is 3.84. The Kier molecular flexibility index (Phi) is 7.95. The third kappa shape index (κ3) is 4.83. The second-order valence-corrected chi connectivity index (χ2v) is 7.90. The molecular weight excluding hydrogens is 331 g/mol. The SMILES string of the molecule is CCCCCc1cc(S(=O)(=O)[O-])c2ccc(C(C)C)cc(C)c1-2.[Na+]. The van der Waals surface area contributed by atoms with Gasteiger partial charge in [-0.1, -0.05) is 51.8 Å². The third-order valence-electron chi connectivity index (χ3n) is 4.37. The molecule has 0 saturated carbocycles. The summed E-state index contributed by atoms with van der Waals surface area (Å²) in [6.07, 6.45) is 4.02. The zero-order chi connectivity index (χ0) is 17.2. The summed E-state index contributed by atoms with van der Waals surface area (Å²) in [6.45, 7) is 8.34. The van der Waals surface area contributed by atoms with Crippen molar-refractivity contribution in [1.29, 1.82) is 0 Å². The topological polar surface area (TPSA) is 57.2 Å². The van der Waals surface area contributed by atoms with Gasteiger partial charge in [-0.15, -0.1) is 0 Å². The van der Waals surface area contributed by atoms with E-state index in [1.165, 1.54) is 0 Å². The molecular formula is C19H25NaO3S. The van der Waals surface area contributed by atoms with Crippen molar-refractivity contribution in [2.24, 2.45) is 0 Å². The van der Waals surface area contributed by atoms with E-state index in [-0.39, 0.29) is 34.5 Å². The van der Waals surface area contributed by atoms with Gasteiger partial charge in [0.15, 0.2) is 0 Å². The van der Waals surface area contributed by atoms with Crippen LogP contribution in [0.3, 0.4) is 0 Å². The molecule has 0 aromatic rings. The van der Waals surface area contributed by atoms with Crippen LogP contribution >= 0.6 is 0 Å². The van der Waals surface area contributed by atoms with Gasteiger partial charge in [0.1, 0.15) is 10.1 Å². The van der Waals surface area contributed by atoms with Crippen molar-refractivity contribution in [3.8, 4) is 11.1 Å². The van der Waals surface area contributed by atoms with Crippen LogP contribution in [-0.2, 0) is 16.5 Å². The molecule has 0 unspecified atom stereocenters. The van der Waals surface area contributed by atoms with E-state index < -0.39 is 10.1 Å². The fraction of sp³-hybridized carbons (Fsp3) is 0.474. The number of hydrogen-bond acceptors (Lipinski definition) is 3. The fourth-order valence-electron chi connectivity index (χ4n) is 3.11. The Morgan fingerprint density at radius 2 is 1.79 bits per heavy atom. The summed E-state index contributed by atoms with van der Waals surface area (Å²) in [6, 6.07) is 7.43. The molecule has 5 heteroatoms. The second-order valence-electron chi connectivity index (χ2n) is 6.55. The number of aryl methyl sites for hydroxylation is 2. The molecule has 0 atom stereocenters. The Bertz CT molecular complexity index is 767. The van der Waals surface area contributed by atoms with Crippen molar-refractivity contribution < 1.29 is 42.5 Å². The molecule has 2 rings (SSSR count). The Labute approximate surface area is 168 Å². The molecule has 0 saturated heterocycles. The van der Waals surface area contributed by atoms with Gasteiger partial charge in [-0.25, -0.2) is 8.42 Å². The predicted octanol–water partition coefficient (Wildman–Crippen LogP) is 1.86. The van der Waals surface area contributed by atoms with E-state index >= 15 is 0 Å². The summed E-state index contributed by atoms with van der Waals surface area (Å²) in [5.74, 6) is 0.348. The van der Waals surface area contributed by atoms with Crippen LogP contribution in [0.1, 0.15) is 62.6 Å². The van der Waals surface area contributed by atoms with E-state index in [0.29, 0.717) is 11.5 Å². The van der Waals surface area contributed by atoms with Gasteiger partial charge >= 0.3 is 29.6 Å². The summed E-state index contributed by atoms with van der Waals surface area (Å²) >= 11 is 0. The molecule has 0 radical (unpaired) electrons. The standard InChI is InChI=1S/C19H26O3S.Na/c1-5-6-7-8-16-12-18(23(20,21)22)17-10-9-15(13(2)3)11-14(4)19(16)17;/h9-13H,5-8H2,1-4H3,(H,20,21,22);/q;+1/p-1.